The van der Waals surface area contributed by atoms with E-state index in [0.717, 1.165) is 12.1 Å². The van der Waals surface area contributed by atoms with Crippen LogP contribution < -0.4 is 5.32 Å². The van der Waals surface area contributed by atoms with Gasteiger partial charge in [-0.2, -0.15) is 0 Å². The number of halogens is 1. The molecule has 0 saturated carbocycles. The van der Waals surface area contributed by atoms with Crippen LogP contribution in [0.3, 0.4) is 0 Å². The number of oxazole rings is 1. The van der Waals surface area contributed by atoms with Crippen LogP contribution in [0.1, 0.15) is 32.9 Å². The van der Waals surface area contributed by atoms with E-state index in [1.807, 2.05) is 20.8 Å². The van der Waals surface area contributed by atoms with Crippen molar-refractivity contribution in [3.05, 3.63) is 42.0 Å². The van der Waals surface area contributed by atoms with E-state index in [2.05, 4.69) is 10.3 Å². The largest absolute Gasteiger partial charge is 0.444 e. The Morgan fingerprint density at radius 3 is 2.91 bits per heavy atom. The van der Waals surface area contributed by atoms with Gasteiger partial charge < -0.3 is 9.73 Å². The lowest BCUT2D eigenvalue weighted by Gasteiger charge is -2.24. The highest BCUT2D eigenvalue weighted by atomic mass is 32.2. The topological polar surface area (TPSA) is 55.1 Å². The number of hydrogen-bond donors (Lipinski definition) is 1. The number of rotatable bonds is 7. The summed E-state index contributed by atoms with van der Waals surface area (Å²) in [5, 5.41) is 2.98. The van der Waals surface area contributed by atoms with E-state index in [0.29, 0.717) is 23.0 Å². The van der Waals surface area contributed by atoms with Crippen LogP contribution in [0.5, 0.6) is 0 Å². The third-order valence-electron chi connectivity index (χ3n) is 3.47. The lowest BCUT2D eigenvalue weighted by atomic mass is 10.0. The molecule has 0 aliphatic rings. The molecule has 0 fully saturated rings. The molecule has 0 saturated heterocycles. The van der Waals surface area contributed by atoms with Gasteiger partial charge in [0.25, 0.3) is 0 Å². The Morgan fingerprint density at radius 2 is 2.22 bits per heavy atom. The van der Waals surface area contributed by atoms with E-state index in [9.17, 15) is 9.18 Å². The summed E-state index contributed by atoms with van der Waals surface area (Å²) < 4.78 is 18.6. The van der Waals surface area contributed by atoms with Crippen LogP contribution in [0.2, 0.25) is 0 Å². The van der Waals surface area contributed by atoms with Crippen LogP contribution in [0.4, 0.5) is 4.39 Å². The molecule has 2 aromatic rings. The number of thioether (sulfide) groups is 1. The Balaban J connectivity index is 1.85. The summed E-state index contributed by atoms with van der Waals surface area (Å²) in [5.41, 5.74) is 1.15. The van der Waals surface area contributed by atoms with Gasteiger partial charge in [0.1, 0.15) is 12.1 Å². The minimum atomic E-state index is -0.327. The zero-order valence-corrected chi connectivity index (χ0v) is 14.4. The molecule has 1 aromatic carbocycles. The highest BCUT2D eigenvalue weighted by Gasteiger charge is 2.17. The maximum atomic E-state index is 13.2. The Labute approximate surface area is 139 Å². The fourth-order valence-corrected chi connectivity index (χ4v) is 2.58. The highest BCUT2D eigenvalue weighted by Crippen LogP contribution is 2.21. The SMILES string of the molecule is CCC(C)(C)NC(=O)CSCc1coc(-c2cccc(F)c2)n1. The number of hydrogen-bond acceptors (Lipinski definition) is 4. The van der Waals surface area contributed by atoms with Crippen molar-refractivity contribution < 1.29 is 13.6 Å². The predicted molar refractivity (Wildman–Crippen MR) is 90.6 cm³/mol. The standard InChI is InChI=1S/C17H21FN2O2S/c1-4-17(2,3)20-15(21)11-23-10-14-9-22-16(19-14)12-6-5-7-13(18)8-12/h5-9H,4,10-11H2,1-3H3,(H,20,21). The molecule has 0 unspecified atom stereocenters. The smallest absolute Gasteiger partial charge is 0.230 e. The number of benzene rings is 1. The fourth-order valence-electron chi connectivity index (χ4n) is 1.88. The number of amides is 1. The van der Waals surface area contributed by atoms with Crippen molar-refractivity contribution in [2.24, 2.45) is 0 Å². The monoisotopic (exact) mass is 336 g/mol. The molecular formula is C17H21FN2O2S. The summed E-state index contributed by atoms with van der Waals surface area (Å²) >= 11 is 1.47. The molecule has 23 heavy (non-hydrogen) atoms. The molecule has 124 valence electrons. The van der Waals surface area contributed by atoms with E-state index in [1.165, 1.54) is 23.9 Å². The maximum absolute atomic E-state index is 13.2. The summed E-state index contributed by atoms with van der Waals surface area (Å²) in [4.78, 5) is 16.2. The van der Waals surface area contributed by atoms with Crippen LogP contribution in [-0.4, -0.2) is 22.2 Å². The first-order valence-electron chi connectivity index (χ1n) is 7.49. The molecule has 6 heteroatoms. The molecule has 0 bridgehead atoms. The minimum Gasteiger partial charge on any atom is -0.444 e. The van der Waals surface area contributed by atoms with Gasteiger partial charge in [-0.15, -0.1) is 11.8 Å². The number of nitrogens with zero attached hydrogens (tertiary/aromatic N) is 1. The van der Waals surface area contributed by atoms with Gasteiger partial charge in [0.15, 0.2) is 0 Å². The third-order valence-corrected chi connectivity index (χ3v) is 4.43. The maximum Gasteiger partial charge on any atom is 0.230 e. The Kier molecular flexibility index (Phi) is 5.82. The van der Waals surface area contributed by atoms with Crippen molar-refractivity contribution >= 4 is 17.7 Å². The van der Waals surface area contributed by atoms with Crippen molar-refractivity contribution in [2.75, 3.05) is 5.75 Å². The minimum absolute atomic E-state index is 0.00991. The number of aromatic nitrogens is 1. The first-order valence-corrected chi connectivity index (χ1v) is 8.64. The van der Waals surface area contributed by atoms with E-state index >= 15 is 0 Å². The molecule has 0 radical (unpaired) electrons. The second-order valence-electron chi connectivity index (χ2n) is 5.93. The van der Waals surface area contributed by atoms with Crippen LogP contribution in [0, 0.1) is 5.82 Å². The summed E-state index contributed by atoms with van der Waals surface area (Å²) in [6.45, 7) is 6.04. The number of carbonyl (C=O) groups excluding carboxylic acids is 1. The average molecular weight is 336 g/mol. The van der Waals surface area contributed by atoms with Crippen LogP contribution in [0.25, 0.3) is 11.5 Å². The molecular weight excluding hydrogens is 315 g/mol. The predicted octanol–water partition coefficient (Wildman–Crippen LogP) is 4.02. The second kappa shape index (κ2) is 7.64. The van der Waals surface area contributed by atoms with Gasteiger partial charge in [-0.1, -0.05) is 13.0 Å². The molecule has 0 aliphatic heterocycles. The van der Waals surface area contributed by atoms with E-state index in [4.69, 9.17) is 4.42 Å². The normalized spacial score (nSPS) is 11.5. The van der Waals surface area contributed by atoms with Gasteiger partial charge in [0.2, 0.25) is 11.8 Å². The molecule has 1 N–H and O–H groups in total. The first kappa shape index (κ1) is 17.5. The van der Waals surface area contributed by atoms with Crippen LogP contribution in [0.15, 0.2) is 34.9 Å². The van der Waals surface area contributed by atoms with Crippen LogP contribution in [-0.2, 0) is 10.5 Å². The van der Waals surface area contributed by atoms with Crippen molar-refractivity contribution in [3.8, 4) is 11.5 Å². The quantitative estimate of drug-likeness (QED) is 0.830. The fraction of sp³-hybridized carbons (Fsp3) is 0.412. The summed E-state index contributed by atoms with van der Waals surface area (Å²) in [5.74, 6) is 1.00. The van der Waals surface area contributed by atoms with Crippen molar-refractivity contribution in [3.63, 3.8) is 0 Å². The van der Waals surface area contributed by atoms with E-state index in [1.54, 1.807) is 18.4 Å². The van der Waals surface area contributed by atoms with E-state index < -0.39 is 0 Å². The van der Waals surface area contributed by atoms with Gasteiger partial charge in [0.05, 0.1) is 11.4 Å². The zero-order chi connectivity index (χ0) is 16.9. The first-order chi connectivity index (χ1) is 10.9. The summed E-state index contributed by atoms with van der Waals surface area (Å²) in [6, 6.07) is 6.11. The third kappa shape index (κ3) is 5.39. The number of nitrogens with one attached hydrogen (secondary N) is 1. The lowest BCUT2D eigenvalue weighted by Crippen LogP contribution is -2.43. The Bertz CT molecular complexity index is 670. The molecule has 0 spiro atoms. The van der Waals surface area contributed by atoms with Crippen molar-refractivity contribution in [1.82, 2.24) is 10.3 Å². The van der Waals surface area contributed by atoms with Gasteiger partial charge >= 0.3 is 0 Å². The van der Waals surface area contributed by atoms with Gasteiger partial charge in [-0.25, -0.2) is 9.37 Å². The van der Waals surface area contributed by atoms with Gasteiger partial charge in [-0.05, 0) is 38.5 Å². The Hall–Kier alpha value is -1.82. The summed E-state index contributed by atoms with van der Waals surface area (Å²) in [7, 11) is 0. The second-order valence-corrected chi connectivity index (χ2v) is 6.92. The van der Waals surface area contributed by atoms with Gasteiger partial charge in [0, 0.05) is 16.9 Å². The van der Waals surface area contributed by atoms with E-state index in [-0.39, 0.29) is 17.3 Å². The lowest BCUT2D eigenvalue weighted by molar-refractivity contribution is -0.120. The zero-order valence-electron chi connectivity index (χ0n) is 13.6. The summed E-state index contributed by atoms with van der Waals surface area (Å²) in [6.07, 6.45) is 2.42. The number of carbonyl (C=O) groups is 1. The molecule has 2 rings (SSSR count). The molecule has 0 aliphatic carbocycles. The Morgan fingerprint density at radius 1 is 1.43 bits per heavy atom. The van der Waals surface area contributed by atoms with Gasteiger partial charge in [-0.3, -0.25) is 4.79 Å². The van der Waals surface area contributed by atoms with Crippen molar-refractivity contribution in [2.45, 2.75) is 38.5 Å². The average Bonchev–Trinajstić information content (AvgIpc) is 2.95. The molecule has 1 aromatic heterocycles. The van der Waals surface area contributed by atoms with Crippen molar-refractivity contribution in [1.29, 1.82) is 0 Å². The molecule has 1 heterocycles. The molecule has 4 nitrogen and oxygen atoms in total. The highest BCUT2D eigenvalue weighted by molar-refractivity contribution is 7.99. The molecule has 0 atom stereocenters. The van der Waals surface area contributed by atoms with Crippen LogP contribution >= 0.6 is 11.8 Å². The molecule has 1 amide bonds.